The van der Waals surface area contributed by atoms with Gasteiger partial charge in [-0.1, -0.05) is 32.4 Å². The Morgan fingerprint density at radius 3 is 2.33 bits per heavy atom. The number of hydrogen-bond donors (Lipinski definition) is 2. The van der Waals surface area contributed by atoms with Gasteiger partial charge in [-0.2, -0.15) is 13.2 Å². The predicted molar refractivity (Wildman–Crippen MR) is 76.8 cm³/mol. The van der Waals surface area contributed by atoms with Crippen LogP contribution in [0.1, 0.15) is 33.3 Å². The normalized spacial score (nSPS) is 13.0. The van der Waals surface area contributed by atoms with Gasteiger partial charge in [0.25, 0.3) is 0 Å². The van der Waals surface area contributed by atoms with Gasteiger partial charge in [0, 0.05) is 11.9 Å². The molecule has 0 atom stereocenters. The highest BCUT2D eigenvalue weighted by molar-refractivity contribution is 5.90. The Hall–Kier alpha value is -1.98. The van der Waals surface area contributed by atoms with E-state index in [0.717, 1.165) is 17.7 Å². The summed E-state index contributed by atoms with van der Waals surface area (Å²) < 4.78 is 37.7. The van der Waals surface area contributed by atoms with Crippen molar-refractivity contribution >= 4 is 11.7 Å². The second kappa shape index (κ2) is 6.20. The molecule has 0 fully saturated rings. The lowest BCUT2D eigenvalue weighted by Crippen LogP contribution is -2.25. The fraction of sp³-hybridized carbons (Fsp3) is 0.400. The van der Waals surface area contributed by atoms with Gasteiger partial charge in [0.15, 0.2) is 0 Å². The summed E-state index contributed by atoms with van der Waals surface area (Å²) in [7, 11) is 0. The molecule has 0 saturated carbocycles. The second-order valence-corrected chi connectivity index (χ2v) is 5.75. The highest BCUT2D eigenvalue weighted by Crippen LogP contribution is 2.30. The summed E-state index contributed by atoms with van der Waals surface area (Å²) in [6.07, 6.45) is -2.89. The molecule has 21 heavy (non-hydrogen) atoms. The Balaban J connectivity index is 2.72. The van der Waals surface area contributed by atoms with E-state index in [0.29, 0.717) is 0 Å². The van der Waals surface area contributed by atoms with Crippen LogP contribution in [0.5, 0.6) is 0 Å². The average molecular weight is 300 g/mol. The number of nitrogens with one attached hydrogen (secondary N) is 2. The zero-order valence-electron chi connectivity index (χ0n) is 12.4. The molecule has 0 aliphatic carbocycles. The van der Waals surface area contributed by atoms with Gasteiger partial charge in [-0.3, -0.25) is 0 Å². The van der Waals surface area contributed by atoms with Crippen LogP contribution in [0.4, 0.5) is 23.7 Å². The van der Waals surface area contributed by atoms with Gasteiger partial charge in [0.1, 0.15) is 0 Å². The summed E-state index contributed by atoms with van der Waals surface area (Å²) in [5, 5.41) is 4.87. The van der Waals surface area contributed by atoms with Gasteiger partial charge >= 0.3 is 12.2 Å². The third-order valence-electron chi connectivity index (χ3n) is 3.05. The Morgan fingerprint density at radius 2 is 1.81 bits per heavy atom. The van der Waals surface area contributed by atoms with E-state index >= 15 is 0 Å². The van der Waals surface area contributed by atoms with Crippen molar-refractivity contribution in [2.45, 2.75) is 33.9 Å². The maximum atomic E-state index is 12.6. The zero-order valence-corrected chi connectivity index (χ0v) is 12.4. The first-order chi connectivity index (χ1) is 9.50. The van der Waals surface area contributed by atoms with E-state index in [2.05, 4.69) is 10.6 Å². The first kappa shape index (κ1) is 17.1. The molecule has 0 spiro atoms. The predicted octanol–water partition coefficient (Wildman–Crippen LogP) is 4.78. The van der Waals surface area contributed by atoms with Gasteiger partial charge < -0.3 is 10.6 Å². The van der Waals surface area contributed by atoms with Crippen LogP contribution in [0.3, 0.4) is 0 Å². The summed E-state index contributed by atoms with van der Waals surface area (Å²) >= 11 is 0. The molecule has 1 rings (SSSR count). The van der Waals surface area contributed by atoms with Crippen molar-refractivity contribution in [3.05, 3.63) is 41.6 Å². The third-order valence-corrected chi connectivity index (χ3v) is 3.05. The lowest BCUT2D eigenvalue weighted by atomic mass is 9.88. The lowest BCUT2D eigenvalue weighted by molar-refractivity contribution is -0.137. The minimum Gasteiger partial charge on any atom is -0.314 e. The number of carbonyl (C=O) groups excluding carboxylic acids is 1. The summed E-state index contributed by atoms with van der Waals surface area (Å²) in [5.41, 5.74) is 0.135. The second-order valence-electron chi connectivity index (χ2n) is 5.75. The molecular formula is C15H19F3N2O. The van der Waals surface area contributed by atoms with Gasteiger partial charge in [0.05, 0.1) is 5.56 Å². The van der Waals surface area contributed by atoms with Crippen LogP contribution < -0.4 is 10.6 Å². The van der Waals surface area contributed by atoms with Crippen LogP contribution in [0.15, 0.2) is 36.0 Å². The number of allylic oxidation sites excluding steroid dienone is 1. The number of halogens is 3. The number of hydrogen-bond acceptors (Lipinski definition) is 1. The lowest BCUT2D eigenvalue weighted by Gasteiger charge is -2.19. The van der Waals surface area contributed by atoms with Gasteiger partial charge in [-0.15, -0.1) is 0 Å². The maximum absolute atomic E-state index is 12.6. The SMILES string of the molecule is C/C(=C\NC(=O)Nc1cccc(C(F)(F)F)c1)C(C)(C)C. The molecule has 0 heterocycles. The molecule has 6 heteroatoms. The number of benzene rings is 1. The topological polar surface area (TPSA) is 41.1 Å². The molecule has 3 nitrogen and oxygen atoms in total. The van der Waals surface area contributed by atoms with Gasteiger partial charge in [-0.05, 0) is 30.5 Å². The van der Waals surface area contributed by atoms with Crippen LogP contribution in [0, 0.1) is 5.41 Å². The minimum atomic E-state index is -4.43. The Morgan fingerprint density at radius 1 is 1.19 bits per heavy atom. The molecule has 116 valence electrons. The number of anilines is 1. The molecular weight excluding hydrogens is 281 g/mol. The average Bonchev–Trinajstić information content (AvgIpc) is 2.34. The van der Waals surface area contributed by atoms with Crippen molar-refractivity contribution in [1.29, 1.82) is 0 Å². The van der Waals surface area contributed by atoms with E-state index in [9.17, 15) is 18.0 Å². The van der Waals surface area contributed by atoms with Crippen LogP contribution in [0.25, 0.3) is 0 Å². The molecule has 1 aromatic carbocycles. The van der Waals surface area contributed by atoms with Crippen LogP contribution in [0.2, 0.25) is 0 Å². The molecule has 2 amide bonds. The van der Waals surface area contributed by atoms with Crippen LogP contribution in [-0.4, -0.2) is 6.03 Å². The molecule has 0 aliphatic heterocycles. The van der Waals surface area contributed by atoms with Crippen LogP contribution in [-0.2, 0) is 6.18 Å². The van der Waals surface area contributed by atoms with Crippen LogP contribution >= 0.6 is 0 Å². The number of amides is 2. The molecule has 2 N–H and O–H groups in total. The van der Waals surface area contributed by atoms with E-state index in [1.165, 1.54) is 12.1 Å². The standard InChI is InChI=1S/C15H19F3N2O/c1-10(14(2,3)4)9-19-13(21)20-12-7-5-6-11(8-12)15(16,17)18/h5-9H,1-4H3,(H2,19,20,21)/b10-9+. The summed E-state index contributed by atoms with van der Waals surface area (Å²) in [6, 6.07) is 3.90. The van der Waals surface area contributed by atoms with E-state index in [1.807, 2.05) is 27.7 Å². The first-order valence-corrected chi connectivity index (χ1v) is 6.42. The van der Waals surface area contributed by atoms with Crippen molar-refractivity contribution in [2.24, 2.45) is 5.41 Å². The molecule has 0 aromatic heterocycles. The van der Waals surface area contributed by atoms with Crippen molar-refractivity contribution in [2.75, 3.05) is 5.32 Å². The third kappa shape index (κ3) is 5.49. The van der Waals surface area contributed by atoms with E-state index in [1.54, 1.807) is 6.20 Å². The van der Waals surface area contributed by atoms with E-state index < -0.39 is 17.8 Å². The first-order valence-electron chi connectivity index (χ1n) is 6.42. The summed E-state index contributed by atoms with van der Waals surface area (Å²) in [4.78, 5) is 11.7. The summed E-state index contributed by atoms with van der Waals surface area (Å²) in [6.45, 7) is 7.84. The Kier molecular flexibility index (Phi) is 5.04. The molecule has 0 bridgehead atoms. The van der Waals surface area contributed by atoms with Crippen molar-refractivity contribution in [3.63, 3.8) is 0 Å². The molecule has 1 aromatic rings. The van der Waals surface area contributed by atoms with Crippen molar-refractivity contribution in [1.82, 2.24) is 5.32 Å². The van der Waals surface area contributed by atoms with E-state index in [4.69, 9.17) is 0 Å². The fourth-order valence-corrected chi connectivity index (χ4v) is 1.33. The molecule has 0 saturated heterocycles. The Labute approximate surface area is 122 Å². The quantitative estimate of drug-likeness (QED) is 0.811. The maximum Gasteiger partial charge on any atom is 0.416 e. The number of carbonyl (C=O) groups is 1. The monoisotopic (exact) mass is 300 g/mol. The molecule has 0 unspecified atom stereocenters. The molecule has 0 radical (unpaired) electrons. The zero-order chi connectivity index (χ0) is 16.3. The highest BCUT2D eigenvalue weighted by atomic mass is 19.4. The minimum absolute atomic E-state index is 0.0872. The summed E-state index contributed by atoms with van der Waals surface area (Å²) in [5.74, 6) is 0. The van der Waals surface area contributed by atoms with E-state index in [-0.39, 0.29) is 11.1 Å². The molecule has 0 aliphatic rings. The Bertz CT molecular complexity index is 543. The van der Waals surface area contributed by atoms with Crippen molar-refractivity contribution in [3.8, 4) is 0 Å². The van der Waals surface area contributed by atoms with Gasteiger partial charge in [-0.25, -0.2) is 4.79 Å². The van der Waals surface area contributed by atoms with Crippen molar-refractivity contribution < 1.29 is 18.0 Å². The smallest absolute Gasteiger partial charge is 0.314 e. The largest absolute Gasteiger partial charge is 0.416 e. The fourth-order valence-electron chi connectivity index (χ4n) is 1.33. The number of urea groups is 1. The van der Waals surface area contributed by atoms with Gasteiger partial charge in [0.2, 0.25) is 0 Å². The number of alkyl halides is 3. The highest BCUT2D eigenvalue weighted by Gasteiger charge is 2.30. The number of rotatable bonds is 2.